The number of rotatable bonds is 5. The standard InChI is InChI=1S/C21H17Cl2F4NO4/c1-11(29)15-8-13(22)2-3-18(15)32-10-14-9-28(4-5-31-14)20(30)16-6-12(21(25,26)27)7-17(23)19(16)24/h2-3,6-8,14H,4-5,9-10H2,1H3. The Morgan fingerprint density at radius 2 is 1.91 bits per heavy atom. The van der Waals surface area contributed by atoms with Gasteiger partial charge in [-0.3, -0.25) is 9.59 Å². The van der Waals surface area contributed by atoms with Gasteiger partial charge in [-0.25, -0.2) is 4.39 Å². The highest BCUT2D eigenvalue weighted by molar-refractivity contribution is 6.31. The Morgan fingerprint density at radius 3 is 2.56 bits per heavy atom. The highest BCUT2D eigenvalue weighted by Gasteiger charge is 2.35. The number of hydrogen-bond acceptors (Lipinski definition) is 4. The van der Waals surface area contributed by atoms with Crippen LogP contribution in [0.5, 0.6) is 5.75 Å². The molecule has 3 rings (SSSR count). The van der Waals surface area contributed by atoms with E-state index in [2.05, 4.69) is 0 Å². The number of hydrogen-bond donors (Lipinski definition) is 0. The topological polar surface area (TPSA) is 55.8 Å². The predicted octanol–water partition coefficient (Wildman–Crippen LogP) is 5.27. The molecule has 2 aromatic carbocycles. The Bertz CT molecular complexity index is 1050. The molecule has 172 valence electrons. The first kappa shape index (κ1) is 24.3. The molecule has 0 N–H and O–H groups in total. The molecule has 1 heterocycles. The Kier molecular flexibility index (Phi) is 7.32. The molecule has 0 aliphatic carbocycles. The fraction of sp³-hybridized carbons (Fsp3) is 0.333. The van der Waals surface area contributed by atoms with Crippen LogP contribution in [0.15, 0.2) is 30.3 Å². The minimum absolute atomic E-state index is 0.0439. The first-order valence-corrected chi connectivity index (χ1v) is 10.1. The zero-order chi connectivity index (χ0) is 23.6. The molecule has 1 aliphatic rings. The zero-order valence-electron chi connectivity index (χ0n) is 16.6. The van der Waals surface area contributed by atoms with Crippen LogP contribution in [0.4, 0.5) is 17.6 Å². The summed E-state index contributed by atoms with van der Waals surface area (Å²) in [7, 11) is 0. The Labute approximate surface area is 190 Å². The van der Waals surface area contributed by atoms with Gasteiger partial charge in [0.05, 0.1) is 34.9 Å². The summed E-state index contributed by atoms with van der Waals surface area (Å²) in [5.41, 5.74) is -1.73. The van der Waals surface area contributed by atoms with Crippen LogP contribution in [0.2, 0.25) is 10.0 Å². The van der Waals surface area contributed by atoms with Gasteiger partial charge in [-0.2, -0.15) is 13.2 Å². The van der Waals surface area contributed by atoms with Crippen LogP contribution in [-0.2, 0) is 10.9 Å². The lowest BCUT2D eigenvalue weighted by atomic mass is 10.1. The summed E-state index contributed by atoms with van der Waals surface area (Å²) in [6, 6.07) is 5.39. The Morgan fingerprint density at radius 1 is 1.19 bits per heavy atom. The number of alkyl halides is 3. The summed E-state index contributed by atoms with van der Waals surface area (Å²) < 4.78 is 64.7. The van der Waals surface area contributed by atoms with Crippen molar-refractivity contribution in [3.63, 3.8) is 0 Å². The number of morpholine rings is 1. The largest absolute Gasteiger partial charge is 0.490 e. The summed E-state index contributed by atoms with van der Waals surface area (Å²) in [5, 5.41) is -0.439. The lowest BCUT2D eigenvalue weighted by Gasteiger charge is -2.33. The van der Waals surface area contributed by atoms with Gasteiger partial charge in [0.2, 0.25) is 0 Å². The maximum Gasteiger partial charge on any atom is 0.416 e. The van der Waals surface area contributed by atoms with Crippen molar-refractivity contribution in [2.75, 3.05) is 26.3 Å². The number of amides is 1. The van der Waals surface area contributed by atoms with Crippen LogP contribution in [0, 0.1) is 5.82 Å². The molecule has 32 heavy (non-hydrogen) atoms. The summed E-state index contributed by atoms with van der Waals surface area (Å²) in [6.45, 7) is 1.34. The molecule has 0 radical (unpaired) electrons. The number of nitrogens with zero attached hydrogens (tertiary/aromatic N) is 1. The summed E-state index contributed by atoms with van der Waals surface area (Å²) in [6.07, 6.45) is -5.45. The molecule has 0 bridgehead atoms. The molecule has 1 amide bonds. The molecule has 11 heteroatoms. The van der Waals surface area contributed by atoms with E-state index >= 15 is 0 Å². The molecular formula is C21H17Cl2F4NO4. The average Bonchev–Trinajstić information content (AvgIpc) is 2.73. The van der Waals surface area contributed by atoms with Gasteiger partial charge >= 0.3 is 6.18 Å². The minimum atomic E-state index is -4.79. The number of ketones is 1. The molecule has 1 atom stereocenters. The third-order valence-corrected chi connectivity index (χ3v) is 5.27. The monoisotopic (exact) mass is 493 g/mol. The molecule has 5 nitrogen and oxygen atoms in total. The molecule has 0 aromatic heterocycles. The van der Waals surface area contributed by atoms with E-state index < -0.39 is 40.2 Å². The van der Waals surface area contributed by atoms with Crippen molar-refractivity contribution in [1.82, 2.24) is 4.90 Å². The highest BCUT2D eigenvalue weighted by Crippen LogP contribution is 2.34. The third kappa shape index (κ3) is 5.51. The number of carbonyl (C=O) groups excluding carboxylic acids is 2. The van der Waals surface area contributed by atoms with Crippen molar-refractivity contribution < 1.29 is 36.6 Å². The smallest absolute Gasteiger partial charge is 0.416 e. The second-order valence-corrected chi connectivity index (χ2v) is 7.91. The molecule has 1 unspecified atom stereocenters. The number of carbonyl (C=O) groups is 2. The van der Waals surface area contributed by atoms with Gasteiger partial charge in [0.15, 0.2) is 11.6 Å². The number of benzene rings is 2. The van der Waals surface area contributed by atoms with E-state index in [9.17, 15) is 27.2 Å². The van der Waals surface area contributed by atoms with Crippen molar-refractivity contribution in [3.8, 4) is 5.75 Å². The van der Waals surface area contributed by atoms with Gasteiger partial charge in [0.25, 0.3) is 5.91 Å². The number of Topliss-reactive ketones (excluding diaryl/α,β-unsaturated/α-hetero) is 1. The van der Waals surface area contributed by atoms with Gasteiger partial charge in [0.1, 0.15) is 18.5 Å². The minimum Gasteiger partial charge on any atom is -0.490 e. The normalized spacial score (nSPS) is 16.7. The highest BCUT2D eigenvalue weighted by atomic mass is 35.5. The first-order chi connectivity index (χ1) is 15.0. The van der Waals surface area contributed by atoms with E-state index in [-0.39, 0.29) is 43.4 Å². The average molecular weight is 494 g/mol. The molecule has 1 saturated heterocycles. The second kappa shape index (κ2) is 9.64. The fourth-order valence-corrected chi connectivity index (χ4v) is 3.56. The van der Waals surface area contributed by atoms with E-state index in [1.807, 2.05) is 0 Å². The Balaban J connectivity index is 1.74. The van der Waals surface area contributed by atoms with Gasteiger partial charge in [-0.15, -0.1) is 0 Å². The maximum absolute atomic E-state index is 14.3. The van der Waals surface area contributed by atoms with E-state index in [4.69, 9.17) is 32.7 Å². The van der Waals surface area contributed by atoms with Gasteiger partial charge < -0.3 is 14.4 Å². The molecule has 0 saturated carbocycles. The molecule has 2 aromatic rings. The lowest BCUT2D eigenvalue weighted by Crippen LogP contribution is -2.47. The SMILES string of the molecule is CC(=O)c1cc(Cl)ccc1OCC1CN(C(=O)c2cc(C(F)(F)F)cc(Cl)c2F)CCO1. The molecule has 1 aliphatic heterocycles. The maximum atomic E-state index is 14.3. The van der Waals surface area contributed by atoms with Crippen molar-refractivity contribution in [2.45, 2.75) is 19.2 Å². The van der Waals surface area contributed by atoms with Crippen molar-refractivity contribution in [3.05, 3.63) is 62.9 Å². The lowest BCUT2D eigenvalue weighted by molar-refractivity contribution is -0.137. The van der Waals surface area contributed by atoms with Crippen molar-refractivity contribution >= 4 is 34.9 Å². The van der Waals surface area contributed by atoms with E-state index in [1.165, 1.54) is 24.0 Å². The molecular weight excluding hydrogens is 477 g/mol. The number of ether oxygens (including phenoxy) is 2. The number of halogens is 6. The summed E-state index contributed by atoms with van der Waals surface area (Å²) >= 11 is 11.5. The van der Waals surface area contributed by atoms with E-state index in [0.29, 0.717) is 17.2 Å². The van der Waals surface area contributed by atoms with Gasteiger partial charge in [-0.05, 0) is 37.3 Å². The van der Waals surface area contributed by atoms with E-state index in [1.54, 1.807) is 6.07 Å². The predicted molar refractivity (Wildman–Crippen MR) is 109 cm³/mol. The quantitative estimate of drug-likeness (QED) is 0.420. The van der Waals surface area contributed by atoms with Crippen LogP contribution in [-0.4, -0.2) is 49.0 Å². The Hall–Kier alpha value is -2.36. The molecule has 1 fully saturated rings. The van der Waals surface area contributed by atoms with E-state index in [0.717, 1.165) is 0 Å². The van der Waals surface area contributed by atoms with Gasteiger partial charge in [0, 0.05) is 11.6 Å². The van der Waals surface area contributed by atoms with Crippen molar-refractivity contribution in [2.24, 2.45) is 0 Å². The van der Waals surface area contributed by atoms with Crippen LogP contribution in [0.3, 0.4) is 0 Å². The fourth-order valence-electron chi connectivity index (χ4n) is 3.17. The van der Waals surface area contributed by atoms with Crippen LogP contribution in [0.1, 0.15) is 33.2 Å². The van der Waals surface area contributed by atoms with Crippen LogP contribution >= 0.6 is 23.2 Å². The zero-order valence-corrected chi connectivity index (χ0v) is 18.2. The first-order valence-electron chi connectivity index (χ1n) is 9.37. The summed E-state index contributed by atoms with van der Waals surface area (Å²) in [4.78, 5) is 25.7. The second-order valence-electron chi connectivity index (χ2n) is 7.07. The molecule has 0 spiro atoms. The van der Waals surface area contributed by atoms with Gasteiger partial charge in [-0.1, -0.05) is 23.2 Å². The van der Waals surface area contributed by atoms with Crippen molar-refractivity contribution in [1.29, 1.82) is 0 Å². The van der Waals surface area contributed by atoms with Crippen LogP contribution in [0.25, 0.3) is 0 Å². The third-order valence-electron chi connectivity index (χ3n) is 4.76. The van der Waals surface area contributed by atoms with Crippen LogP contribution < -0.4 is 4.74 Å². The summed E-state index contributed by atoms with van der Waals surface area (Å²) in [5.74, 6) is -2.17.